The molecule has 2 rings (SSSR count). The minimum Gasteiger partial charge on any atom is -0.494 e. The van der Waals surface area contributed by atoms with Crippen LogP contribution in [0.1, 0.15) is 24.5 Å². The largest absolute Gasteiger partial charge is 0.494 e. The van der Waals surface area contributed by atoms with Gasteiger partial charge < -0.3 is 4.74 Å². The van der Waals surface area contributed by atoms with Crippen molar-refractivity contribution in [3.8, 4) is 5.75 Å². The molecule has 0 fully saturated rings. The van der Waals surface area contributed by atoms with Gasteiger partial charge in [0.15, 0.2) is 0 Å². The predicted octanol–water partition coefficient (Wildman–Crippen LogP) is 4.53. The summed E-state index contributed by atoms with van der Waals surface area (Å²) >= 11 is 0. The van der Waals surface area contributed by atoms with Gasteiger partial charge in [-0.25, -0.2) is 0 Å². The van der Waals surface area contributed by atoms with E-state index in [-0.39, 0.29) is 0 Å². The van der Waals surface area contributed by atoms with Gasteiger partial charge in [-0.3, -0.25) is 4.99 Å². The zero-order valence-corrected chi connectivity index (χ0v) is 11.5. The van der Waals surface area contributed by atoms with Gasteiger partial charge in [-0.1, -0.05) is 25.1 Å². The van der Waals surface area contributed by atoms with E-state index in [0.717, 1.165) is 30.0 Å². The Morgan fingerprint density at radius 3 is 2.47 bits per heavy atom. The average molecular weight is 253 g/mol. The lowest BCUT2D eigenvalue weighted by Gasteiger charge is -2.04. The van der Waals surface area contributed by atoms with Crippen LogP contribution < -0.4 is 4.74 Å². The summed E-state index contributed by atoms with van der Waals surface area (Å²) in [5.41, 5.74) is 3.27. The van der Waals surface area contributed by atoms with Crippen LogP contribution in [0.15, 0.2) is 53.5 Å². The Balaban J connectivity index is 2.05. The van der Waals surface area contributed by atoms with E-state index >= 15 is 0 Å². The predicted molar refractivity (Wildman–Crippen MR) is 80.7 cm³/mol. The summed E-state index contributed by atoms with van der Waals surface area (Å²) in [6.07, 6.45) is 2.91. The minimum atomic E-state index is 0.761. The maximum absolute atomic E-state index is 5.55. The Labute approximate surface area is 114 Å². The number of hydrogen-bond donors (Lipinski definition) is 0. The van der Waals surface area contributed by atoms with Gasteiger partial charge in [0, 0.05) is 6.21 Å². The molecule has 0 atom stereocenters. The third-order valence-corrected chi connectivity index (χ3v) is 2.82. The second kappa shape index (κ2) is 6.74. The lowest BCUT2D eigenvalue weighted by Crippen LogP contribution is -1.94. The van der Waals surface area contributed by atoms with Crippen molar-refractivity contribution in [1.29, 1.82) is 0 Å². The van der Waals surface area contributed by atoms with E-state index in [1.165, 1.54) is 5.56 Å². The molecule has 0 unspecified atom stereocenters. The van der Waals surface area contributed by atoms with Gasteiger partial charge in [0.25, 0.3) is 0 Å². The van der Waals surface area contributed by atoms with E-state index in [1.807, 2.05) is 48.7 Å². The molecule has 0 radical (unpaired) electrons. The third-order valence-electron chi connectivity index (χ3n) is 2.82. The van der Waals surface area contributed by atoms with Crippen molar-refractivity contribution in [3.63, 3.8) is 0 Å². The van der Waals surface area contributed by atoms with Crippen molar-refractivity contribution in [2.75, 3.05) is 6.61 Å². The summed E-state index contributed by atoms with van der Waals surface area (Å²) in [4.78, 5) is 4.50. The Morgan fingerprint density at radius 2 is 1.79 bits per heavy atom. The molecular weight excluding hydrogens is 234 g/mol. The summed E-state index contributed by atoms with van der Waals surface area (Å²) in [6, 6.07) is 16.1. The second-order valence-corrected chi connectivity index (χ2v) is 4.46. The number of aliphatic imine (C=N–C) groups is 1. The Kier molecular flexibility index (Phi) is 4.73. The monoisotopic (exact) mass is 253 g/mol. The molecule has 0 saturated carbocycles. The molecule has 2 nitrogen and oxygen atoms in total. The number of para-hydroxylation sites is 1. The fourth-order valence-corrected chi connectivity index (χ4v) is 1.72. The highest BCUT2D eigenvalue weighted by Gasteiger charge is 1.95. The minimum absolute atomic E-state index is 0.761. The molecule has 0 saturated heterocycles. The van der Waals surface area contributed by atoms with Crippen LogP contribution in [0.4, 0.5) is 5.69 Å². The molecule has 0 spiro atoms. The standard InChI is InChI=1S/C17H19NO/c1-3-12-19-16-10-8-15(9-11-16)13-18-17-7-5-4-6-14(17)2/h4-11,13H,3,12H2,1-2H3. The van der Waals surface area contributed by atoms with Crippen LogP contribution in [-0.4, -0.2) is 12.8 Å². The van der Waals surface area contributed by atoms with Crippen LogP contribution in [0, 0.1) is 6.92 Å². The van der Waals surface area contributed by atoms with Gasteiger partial charge in [-0.05, 0) is 54.8 Å². The fraction of sp³-hybridized carbons (Fsp3) is 0.235. The molecule has 0 N–H and O–H groups in total. The lowest BCUT2D eigenvalue weighted by molar-refractivity contribution is 0.317. The number of hydrogen-bond acceptors (Lipinski definition) is 2. The van der Waals surface area contributed by atoms with Crippen molar-refractivity contribution in [1.82, 2.24) is 0 Å². The number of nitrogens with zero attached hydrogens (tertiary/aromatic N) is 1. The van der Waals surface area contributed by atoms with Crippen molar-refractivity contribution < 1.29 is 4.74 Å². The number of ether oxygens (including phenoxy) is 1. The lowest BCUT2D eigenvalue weighted by atomic mass is 10.2. The Bertz CT molecular complexity index is 543. The number of aryl methyl sites for hydroxylation is 1. The average Bonchev–Trinajstić information content (AvgIpc) is 2.45. The van der Waals surface area contributed by atoms with Gasteiger partial charge in [-0.2, -0.15) is 0 Å². The van der Waals surface area contributed by atoms with E-state index in [1.54, 1.807) is 0 Å². The molecule has 2 heteroatoms. The molecule has 0 aromatic heterocycles. The van der Waals surface area contributed by atoms with E-state index in [0.29, 0.717) is 0 Å². The molecule has 0 bridgehead atoms. The van der Waals surface area contributed by atoms with Crippen LogP contribution in [0.3, 0.4) is 0 Å². The summed E-state index contributed by atoms with van der Waals surface area (Å²) < 4.78 is 5.55. The maximum Gasteiger partial charge on any atom is 0.119 e. The van der Waals surface area contributed by atoms with Gasteiger partial charge in [0.05, 0.1) is 12.3 Å². The first-order valence-corrected chi connectivity index (χ1v) is 6.62. The van der Waals surface area contributed by atoms with Crippen molar-refractivity contribution in [3.05, 3.63) is 59.7 Å². The van der Waals surface area contributed by atoms with Crippen molar-refractivity contribution >= 4 is 11.9 Å². The molecule has 0 amide bonds. The first kappa shape index (κ1) is 13.3. The molecule has 2 aromatic carbocycles. The number of rotatable bonds is 5. The highest BCUT2D eigenvalue weighted by Crippen LogP contribution is 2.17. The van der Waals surface area contributed by atoms with Crippen LogP contribution in [0.25, 0.3) is 0 Å². The Hall–Kier alpha value is -2.09. The molecule has 19 heavy (non-hydrogen) atoms. The fourth-order valence-electron chi connectivity index (χ4n) is 1.72. The molecule has 0 aliphatic heterocycles. The smallest absolute Gasteiger partial charge is 0.119 e. The van der Waals surface area contributed by atoms with Crippen LogP contribution in [0.2, 0.25) is 0 Å². The normalized spacial score (nSPS) is 10.8. The molecule has 0 aliphatic rings. The van der Waals surface area contributed by atoms with E-state index < -0.39 is 0 Å². The summed E-state index contributed by atoms with van der Waals surface area (Å²) in [7, 11) is 0. The Morgan fingerprint density at radius 1 is 1.05 bits per heavy atom. The zero-order valence-electron chi connectivity index (χ0n) is 11.5. The first-order chi connectivity index (χ1) is 9.29. The quantitative estimate of drug-likeness (QED) is 0.717. The van der Waals surface area contributed by atoms with E-state index in [9.17, 15) is 0 Å². The highest BCUT2D eigenvalue weighted by molar-refractivity contribution is 5.82. The van der Waals surface area contributed by atoms with Crippen LogP contribution >= 0.6 is 0 Å². The topological polar surface area (TPSA) is 21.6 Å². The van der Waals surface area contributed by atoms with Gasteiger partial charge >= 0.3 is 0 Å². The van der Waals surface area contributed by atoms with Gasteiger partial charge in [-0.15, -0.1) is 0 Å². The van der Waals surface area contributed by atoms with Gasteiger partial charge in [0.2, 0.25) is 0 Å². The molecule has 0 aliphatic carbocycles. The third kappa shape index (κ3) is 3.95. The van der Waals surface area contributed by atoms with E-state index in [2.05, 4.69) is 24.9 Å². The summed E-state index contributed by atoms with van der Waals surface area (Å²) in [5, 5.41) is 0. The summed E-state index contributed by atoms with van der Waals surface area (Å²) in [6.45, 7) is 4.92. The molecule has 2 aromatic rings. The SMILES string of the molecule is CCCOc1ccc(C=Nc2ccccc2C)cc1. The zero-order chi connectivity index (χ0) is 13.5. The van der Waals surface area contributed by atoms with E-state index in [4.69, 9.17) is 4.74 Å². The molecular formula is C17H19NO. The van der Waals surface area contributed by atoms with Crippen LogP contribution in [-0.2, 0) is 0 Å². The summed E-state index contributed by atoms with van der Waals surface area (Å²) in [5.74, 6) is 0.912. The first-order valence-electron chi connectivity index (χ1n) is 6.62. The maximum atomic E-state index is 5.55. The highest BCUT2D eigenvalue weighted by atomic mass is 16.5. The van der Waals surface area contributed by atoms with Gasteiger partial charge in [0.1, 0.15) is 5.75 Å². The van der Waals surface area contributed by atoms with Crippen molar-refractivity contribution in [2.24, 2.45) is 4.99 Å². The number of benzene rings is 2. The van der Waals surface area contributed by atoms with Crippen molar-refractivity contribution in [2.45, 2.75) is 20.3 Å². The molecule has 0 heterocycles. The van der Waals surface area contributed by atoms with Crippen LogP contribution in [0.5, 0.6) is 5.75 Å². The molecule has 98 valence electrons. The second-order valence-electron chi connectivity index (χ2n) is 4.46.